The zero-order valence-corrected chi connectivity index (χ0v) is 13.1. The van der Waals surface area contributed by atoms with Crippen molar-refractivity contribution in [2.45, 2.75) is 51.6 Å². The lowest BCUT2D eigenvalue weighted by Crippen LogP contribution is -2.41. The standard InChI is InChI=1S/C18H26N2O/c1-13-5-7-15(8-6-13)18(16-9-10-16)19-14(2)12-20-11-3-4-17(20)21/h5-8,14,16,18-19H,3-4,9-12H2,1-2H3. The lowest BCUT2D eigenvalue weighted by Gasteiger charge is -2.27. The molecule has 1 aromatic rings. The zero-order chi connectivity index (χ0) is 14.8. The normalized spacial score (nSPS) is 21.6. The minimum Gasteiger partial charge on any atom is -0.341 e. The molecule has 1 amide bonds. The van der Waals surface area contributed by atoms with Gasteiger partial charge in [0.1, 0.15) is 0 Å². The number of nitrogens with zero attached hydrogens (tertiary/aromatic N) is 1. The number of amides is 1. The third-order valence-electron chi connectivity index (χ3n) is 4.66. The van der Waals surface area contributed by atoms with Crippen LogP contribution < -0.4 is 5.32 Å². The van der Waals surface area contributed by atoms with E-state index >= 15 is 0 Å². The van der Waals surface area contributed by atoms with E-state index in [0.29, 0.717) is 18.0 Å². The summed E-state index contributed by atoms with van der Waals surface area (Å²) in [6.45, 7) is 6.11. The van der Waals surface area contributed by atoms with E-state index in [2.05, 4.69) is 43.4 Å². The largest absolute Gasteiger partial charge is 0.341 e. The second-order valence-corrected chi connectivity index (χ2v) is 6.74. The van der Waals surface area contributed by atoms with Crippen LogP contribution in [0.1, 0.15) is 49.8 Å². The summed E-state index contributed by atoms with van der Waals surface area (Å²) in [5.41, 5.74) is 2.70. The van der Waals surface area contributed by atoms with Gasteiger partial charge in [-0.15, -0.1) is 0 Å². The molecular formula is C18H26N2O. The van der Waals surface area contributed by atoms with Crippen LogP contribution in [0, 0.1) is 12.8 Å². The van der Waals surface area contributed by atoms with Crippen LogP contribution in [0.5, 0.6) is 0 Å². The van der Waals surface area contributed by atoms with Crippen molar-refractivity contribution in [3.05, 3.63) is 35.4 Å². The SMILES string of the molecule is Cc1ccc(C(NC(C)CN2CCCC2=O)C2CC2)cc1. The minimum atomic E-state index is 0.321. The number of aryl methyl sites for hydroxylation is 1. The molecule has 2 atom stereocenters. The van der Waals surface area contributed by atoms with Crippen LogP contribution in [0.4, 0.5) is 0 Å². The first-order chi connectivity index (χ1) is 10.1. The predicted octanol–water partition coefficient (Wildman–Crippen LogP) is 3.05. The summed E-state index contributed by atoms with van der Waals surface area (Å²) in [6.07, 6.45) is 4.40. The van der Waals surface area contributed by atoms with Crippen molar-refractivity contribution in [1.82, 2.24) is 10.2 Å². The summed E-state index contributed by atoms with van der Waals surface area (Å²) >= 11 is 0. The maximum atomic E-state index is 11.7. The number of hydrogen-bond acceptors (Lipinski definition) is 2. The fraction of sp³-hybridized carbons (Fsp3) is 0.611. The maximum Gasteiger partial charge on any atom is 0.222 e. The molecular weight excluding hydrogens is 260 g/mol. The van der Waals surface area contributed by atoms with E-state index in [4.69, 9.17) is 0 Å². The Morgan fingerprint density at radius 3 is 2.57 bits per heavy atom. The van der Waals surface area contributed by atoms with E-state index in [9.17, 15) is 4.79 Å². The van der Waals surface area contributed by atoms with E-state index in [1.54, 1.807) is 0 Å². The average molecular weight is 286 g/mol. The van der Waals surface area contributed by atoms with Crippen molar-refractivity contribution in [2.75, 3.05) is 13.1 Å². The van der Waals surface area contributed by atoms with Gasteiger partial charge >= 0.3 is 0 Å². The smallest absolute Gasteiger partial charge is 0.222 e. The predicted molar refractivity (Wildman–Crippen MR) is 85.1 cm³/mol. The third-order valence-corrected chi connectivity index (χ3v) is 4.66. The molecule has 0 aromatic heterocycles. The van der Waals surface area contributed by atoms with Crippen LogP contribution in [0.2, 0.25) is 0 Å². The van der Waals surface area contributed by atoms with Gasteiger partial charge in [0.15, 0.2) is 0 Å². The van der Waals surface area contributed by atoms with Gasteiger partial charge in [-0.2, -0.15) is 0 Å². The molecule has 1 aliphatic carbocycles. The molecule has 3 heteroatoms. The van der Waals surface area contributed by atoms with Gasteiger partial charge in [0.05, 0.1) is 0 Å². The van der Waals surface area contributed by atoms with Gasteiger partial charge in [-0.1, -0.05) is 29.8 Å². The Balaban J connectivity index is 1.62. The highest BCUT2D eigenvalue weighted by molar-refractivity contribution is 5.78. The molecule has 2 unspecified atom stereocenters. The van der Waals surface area contributed by atoms with Gasteiger partial charge in [0.2, 0.25) is 5.91 Å². The molecule has 2 aliphatic rings. The number of carbonyl (C=O) groups excluding carboxylic acids is 1. The van der Waals surface area contributed by atoms with E-state index in [-0.39, 0.29) is 0 Å². The summed E-state index contributed by atoms with van der Waals surface area (Å²) in [7, 11) is 0. The van der Waals surface area contributed by atoms with Crippen molar-refractivity contribution >= 4 is 5.91 Å². The highest BCUT2D eigenvalue weighted by atomic mass is 16.2. The van der Waals surface area contributed by atoms with Crippen LogP contribution in [0.3, 0.4) is 0 Å². The Labute approximate surface area is 127 Å². The quantitative estimate of drug-likeness (QED) is 0.871. The summed E-state index contributed by atoms with van der Waals surface area (Å²) in [5, 5.41) is 3.77. The lowest BCUT2D eigenvalue weighted by molar-refractivity contribution is -0.128. The molecule has 1 aliphatic heterocycles. The Bertz CT molecular complexity index is 492. The fourth-order valence-electron chi connectivity index (χ4n) is 3.29. The second-order valence-electron chi connectivity index (χ2n) is 6.74. The number of likely N-dealkylation sites (tertiary alicyclic amines) is 1. The number of hydrogen-bond donors (Lipinski definition) is 1. The molecule has 1 N–H and O–H groups in total. The molecule has 0 spiro atoms. The van der Waals surface area contributed by atoms with Gasteiger partial charge in [-0.05, 0) is 44.6 Å². The van der Waals surface area contributed by atoms with E-state index in [1.165, 1.54) is 24.0 Å². The first-order valence-electron chi connectivity index (χ1n) is 8.24. The molecule has 0 bridgehead atoms. The summed E-state index contributed by atoms with van der Waals surface area (Å²) in [6, 6.07) is 9.68. The van der Waals surface area contributed by atoms with Gasteiger partial charge in [-0.3, -0.25) is 4.79 Å². The Kier molecular flexibility index (Phi) is 4.29. The van der Waals surface area contributed by atoms with Crippen LogP contribution in [0.15, 0.2) is 24.3 Å². The van der Waals surface area contributed by atoms with E-state index in [0.717, 1.165) is 31.8 Å². The van der Waals surface area contributed by atoms with Crippen LogP contribution in [0.25, 0.3) is 0 Å². The molecule has 1 saturated heterocycles. The fourth-order valence-corrected chi connectivity index (χ4v) is 3.29. The third kappa shape index (κ3) is 3.65. The van der Waals surface area contributed by atoms with Gasteiger partial charge in [0.25, 0.3) is 0 Å². The van der Waals surface area contributed by atoms with Crippen molar-refractivity contribution in [1.29, 1.82) is 0 Å². The molecule has 3 nitrogen and oxygen atoms in total. The highest BCUT2D eigenvalue weighted by Gasteiger charge is 2.33. The Morgan fingerprint density at radius 1 is 1.29 bits per heavy atom. The Morgan fingerprint density at radius 2 is 2.00 bits per heavy atom. The number of rotatable bonds is 6. The first-order valence-corrected chi connectivity index (χ1v) is 8.24. The van der Waals surface area contributed by atoms with Crippen molar-refractivity contribution in [3.8, 4) is 0 Å². The molecule has 1 heterocycles. The maximum absolute atomic E-state index is 11.7. The number of carbonyl (C=O) groups is 1. The topological polar surface area (TPSA) is 32.3 Å². The Hall–Kier alpha value is -1.35. The summed E-state index contributed by atoms with van der Waals surface area (Å²) < 4.78 is 0. The summed E-state index contributed by atoms with van der Waals surface area (Å²) in [4.78, 5) is 13.8. The van der Waals surface area contributed by atoms with Crippen LogP contribution in [-0.4, -0.2) is 29.9 Å². The van der Waals surface area contributed by atoms with Crippen molar-refractivity contribution in [3.63, 3.8) is 0 Å². The molecule has 1 aromatic carbocycles. The van der Waals surface area contributed by atoms with Crippen LogP contribution >= 0.6 is 0 Å². The van der Waals surface area contributed by atoms with E-state index < -0.39 is 0 Å². The average Bonchev–Trinajstić information content (AvgIpc) is 3.23. The van der Waals surface area contributed by atoms with Crippen molar-refractivity contribution < 1.29 is 4.79 Å². The monoisotopic (exact) mass is 286 g/mol. The zero-order valence-electron chi connectivity index (χ0n) is 13.1. The highest BCUT2D eigenvalue weighted by Crippen LogP contribution is 2.41. The molecule has 1 saturated carbocycles. The lowest BCUT2D eigenvalue weighted by atomic mass is 10.00. The molecule has 2 fully saturated rings. The molecule has 114 valence electrons. The minimum absolute atomic E-state index is 0.321. The van der Waals surface area contributed by atoms with Crippen LogP contribution in [-0.2, 0) is 4.79 Å². The number of benzene rings is 1. The molecule has 21 heavy (non-hydrogen) atoms. The second kappa shape index (κ2) is 6.18. The summed E-state index contributed by atoms with van der Waals surface area (Å²) in [5.74, 6) is 1.09. The van der Waals surface area contributed by atoms with Crippen molar-refractivity contribution in [2.24, 2.45) is 5.92 Å². The number of nitrogens with one attached hydrogen (secondary N) is 1. The molecule has 0 radical (unpaired) electrons. The molecule has 3 rings (SSSR count). The first kappa shape index (κ1) is 14.6. The van der Waals surface area contributed by atoms with Gasteiger partial charge in [0, 0.05) is 31.6 Å². The van der Waals surface area contributed by atoms with E-state index in [1.807, 2.05) is 4.90 Å². The van der Waals surface area contributed by atoms with Gasteiger partial charge < -0.3 is 10.2 Å². The van der Waals surface area contributed by atoms with Gasteiger partial charge in [-0.25, -0.2) is 0 Å².